The van der Waals surface area contributed by atoms with Gasteiger partial charge in [-0.2, -0.15) is 5.26 Å². The number of aromatic nitrogens is 1. The number of piperidine rings is 2. The van der Waals surface area contributed by atoms with Crippen LogP contribution in [0, 0.1) is 17.2 Å². The number of fused-ring (bicyclic) bond motifs is 1. The maximum atomic E-state index is 8.79. The summed E-state index contributed by atoms with van der Waals surface area (Å²) in [4.78, 5) is 9.13. The van der Waals surface area contributed by atoms with Crippen molar-refractivity contribution in [2.24, 2.45) is 5.92 Å². The molecule has 2 fully saturated rings. The van der Waals surface area contributed by atoms with E-state index in [9.17, 15) is 0 Å². The zero-order valence-corrected chi connectivity index (χ0v) is 11.4. The molecule has 2 aliphatic rings. The zero-order valence-electron chi connectivity index (χ0n) is 11.4. The molecule has 4 heteroatoms. The van der Waals surface area contributed by atoms with E-state index in [-0.39, 0.29) is 0 Å². The summed E-state index contributed by atoms with van der Waals surface area (Å²) in [6, 6.07) is 6.67. The second-order valence-electron chi connectivity index (χ2n) is 5.70. The minimum absolute atomic E-state index is 0.496. The number of likely N-dealkylation sites (tertiary alicyclic amines) is 1. The summed E-state index contributed by atoms with van der Waals surface area (Å²) in [5.41, 5.74) is 1.65. The lowest BCUT2D eigenvalue weighted by atomic mass is 9.84. The van der Waals surface area contributed by atoms with Gasteiger partial charge >= 0.3 is 0 Å². The Morgan fingerprint density at radius 1 is 1.32 bits per heavy atom. The van der Waals surface area contributed by atoms with Gasteiger partial charge in [0.05, 0.1) is 11.9 Å². The molecule has 0 amide bonds. The van der Waals surface area contributed by atoms with E-state index in [1.54, 1.807) is 0 Å². The van der Waals surface area contributed by atoms with Gasteiger partial charge < -0.3 is 9.80 Å². The number of hydrogen-bond acceptors (Lipinski definition) is 4. The summed E-state index contributed by atoms with van der Waals surface area (Å²) >= 11 is 0. The fraction of sp³-hybridized carbons (Fsp3) is 0.600. The molecule has 1 aromatic rings. The fourth-order valence-corrected chi connectivity index (χ4v) is 3.53. The molecular formula is C15H20N4. The fourth-order valence-electron chi connectivity index (χ4n) is 3.53. The normalized spacial score (nSPS) is 27.7. The number of pyridine rings is 1. The number of nitriles is 1. The lowest BCUT2D eigenvalue weighted by molar-refractivity contribution is 0.102. The van der Waals surface area contributed by atoms with E-state index < -0.39 is 0 Å². The zero-order chi connectivity index (χ0) is 13.2. The molecule has 3 heterocycles. The minimum atomic E-state index is 0.496. The molecule has 2 saturated heterocycles. The molecule has 3 rings (SSSR count). The smallest absolute Gasteiger partial charge is 0.140 e. The van der Waals surface area contributed by atoms with Crippen LogP contribution in [0.1, 0.15) is 25.0 Å². The van der Waals surface area contributed by atoms with E-state index in [0.29, 0.717) is 5.69 Å². The molecule has 0 aromatic carbocycles. The average Bonchev–Trinajstić information content (AvgIpc) is 2.47. The number of hydrogen-bond donors (Lipinski definition) is 0. The van der Waals surface area contributed by atoms with Gasteiger partial charge in [-0.15, -0.1) is 0 Å². The topological polar surface area (TPSA) is 43.2 Å². The van der Waals surface area contributed by atoms with Crippen molar-refractivity contribution in [1.82, 2.24) is 9.88 Å². The van der Waals surface area contributed by atoms with Crippen LogP contribution in [-0.4, -0.2) is 42.6 Å². The molecule has 0 saturated carbocycles. The Morgan fingerprint density at radius 3 is 2.95 bits per heavy atom. The summed E-state index contributed by atoms with van der Waals surface area (Å²) in [5, 5.41) is 8.79. The highest BCUT2D eigenvalue weighted by Crippen LogP contribution is 2.31. The maximum Gasteiger partial charge on any atom is 0.140 e. The van der Waals surface area contributed by atoms with Crippen LogP contribution in [0.25, 0.3) is 0 Å². The lowest BCUT2D eigenvalue weighted by Gasteiger charge is -2.46. The van der Waals surface area contributed by atoms with Crippen molar-refractivity contribution < 1.29 is 0 Å². The van der Waals surface area contributed by atoms with Crippen LogP contribution in [-0.2, 0) is 0 Å². The second-order valence-corrected chi connectivity index (χ2v) is 5.70. The van der Waals surface area contributed by atoms with Gasteiger partial charge in [0, 0.05) is 19.1 Å². The van der Waals surface area contributed by atoms with Crippen molar-refractivity contribution in [3.63, 3.8) is 0 Å². The van der Waals surface area contributed by atoms with E-state index in [1.807, 2.05) is 18.3 Å². The molecule has 0 radical (unpaired) electrons. The molecular weight excluding hydrogens is 236 g/mol. The van der Waals surface area contributed by atoms with Crippen LogP contribution in [0.15, 0.2) is 18.3 Å². The summed E-state index contributed by atoms with van der Waals surface area (Å²) in [5.74, 6) is 0.781. The minimum Gasteiger partial charge on any atom is -0.370 e. The van der Waals surface area contributed by atoms with Crippen LogP contribution in [0.4, 0.5) is 5.69 Å². The Morgan fingerprint density at radius 2 is 2.21 bits per heavy atom. The Labute approximate surface area is 114 Å². The van der Waals surface area contributed by atoms with Crippen molar-refractivity contribution in [1.29, 1.82) is 5.26 Å². The predicted octanol–water partition coefficient (Wildman–Crippen LogP) is 1.87. The van der Waals surface area contributed by atoms with Crippen molar-refractivity contribution >= 4 is 5.69 Å². The SMILES string of the molecule is CN1CCCC2CN(c3ccc(C#N)nc3)CCC21. The average molecular weight is 256 g/mol. The highest BCUT2D eigenvalue weighted by Gasteiger charge is 2.34. The van der Waals surface area contributed by atoms with Gasteiger partial charge in [-0.25, -0.2) is 4.98 Å². The quantitative estimate of drug-likeness (QED) is 0.769. The first-order chi connectivity index (χ1) is 9.28. The molecule has 19 heavy (non-hydrogen) atoms. The van der Waals surface area contributed by atoms with Gasteiger partial charge in [0.15, 0.2) is 0 Å². The first kappa shape index (κ1) is 12.4. The lowest BCUT2D eigenvalue weighted by Crippen LogP contribution is -2.52. The summed E-state index contributed by atoms with van der Waals surface area (Å²) in [7, 11) is 2.26. The van der Waals surface area contributed by atoms with Crippen LogP contribution >= 0.6 is 0 Å². The van der Waals surface area contributed by atoms with E-state index in [2.05, 4.69) is 27.9 Å². The Kier molecular flexibility index (Phi) is 3.39. The first-order valence-electron chi connectivity index (χ1n) is 7.09. The third-order valence-corrected chi connectivity index (χ3v) is 4.57. The van der Waals surface area contributed by atoms with Crippen LogP contribution in [0.5, 0.6) is 0 Å². The van der Waals surface area contributed by atoms with E-state index in [0.717, 1.165) is 30.7 Å². The molecule has 0 spiro atoms. The van der Waals surface area contributed by atoms with Gasteiger partial charge in [-0.1, -0.05) is 0 Å². The van der Waals surface area contributed by atoms with Crippen LogP contribution < -0.4 is 4.90 Å². The van der Waals surface area contributed by atoms with Crippen molar-refractivity contribution in [3.8, 4) is 6.07 Å². The van der Waals surface area contributed by atoms with E-state index >= 15 is 0 Å². The molecule has 2 unspecified atom stereocenters. The molecule has 1 aromatic heterocycles. The highest BCUT2D eigenvalue weighted by atomic mass is 15.2. The van der Waals surface area contributed by atoms with E-state index in [4.69, 9.17) is 5.26 Å². The Hall–Kier alpha value is -1.60. The van der Waals surface area contributed by atoms with E-state index in [1.165, 1.54) is 25.8 Å². The van der Waals surface area contributed by atoms with Gasteiger partial charge in [-0.3, -0.25) is 0 Å². The van der Waals surface area contributed by atoms with Gasteiger partial charge in [0.1, 0.15) is 11.8 Å². The van der Waals surface area contributed by atoms with Crippen LogP contribution in [0.2, 0.25) is 0 Å². The maximum absolute atomic E-state index is 8.79. The first-order valence-corrected chi connectivity index (χ1v) is 7.09. The number of rotatable bonds is 1. The Bertz CT molecular complexity index is 476. The largest absolute Gasteiger partial charge is 0.370 e. The van der Waals surface area contributed by atoms with Gasteiger partial charge in [-0.05, 0) is 50.9 Å². The third kappa shape index (κ3) is 2.43. The highest BCUT2D eigenvalue weighted by molar-refractivity contribution is 5.46. The predicted molar refractivity (Wildman–Crippen MR) is 74.9 cm³/mol. The van der Waals surface area contributed by atoms with Crippen molar-refractivity contribution in [2.75, 3.05) is 31.6 Å². The molecule has 0 N–H and O–H groups in total. The number of anilines is 1. The molecule has 2 aliphatic heterocycles. The molecule has 2 atom stereocenters. The third-order valence-electron chi connectivity index (χ3n) is 4.57. The summed E-state index contributed by atoms with van der Waals surface area (Å²) in [6.07, 6.45) is 5.74. The standard InChI is InChI=1S/C15H20N4/c1-18-7-2-3-12-11-19(8-6-15(12)18)14-5-4-13(9-16)17-10-14/h4-5,10,12,15H,2-3,6-8,11H2,1H3. The van der Waals surface area contributed by atoms with Gasteiger partial charge in [0.25, 0.3) is 0 Å². The summed E-state index contributed by atoms with van der Waals surface area (Å²) < 4.78 is 0. The second kappa shape index (κ2) is 5.18. The van der Waals surface area contributed by atoms with Crippen LogP contribution in [0.3, 0.4) is 0 Å². The van der Waals surface area contributed by atoms with Crippen molar-refractivity contribution in [2.45, 2.75) is 25.3 Å². The molecule has 0 aliphatic carbocycles. The summed E-state index contributed by atoms with van der Waals surface area (Å²) in [6.45, 7) is 3.47. The Balaban J connectivity index is 1.72. The molecule has 0 bridgehead atoms. The molecule has 4 nitrogen and oxygen atoms in total. The van der Waals surface area contributed by atoms with Crippen molar-refractivity contribution in [3.05, 3.63) is 24.0 Å². The number of nitrogens with zero attached hydrogens (tertiary/aromatic N) is 4. The monoisotopic (exact) mass is 256 g/mol. The van der Waals surface area contributed by atoms with Gasteiger partial charge in [0.2, 0.25) is 0 Å². The molecule has 100 valence electrons.